The number of carbonyl (C=O) groups is 1. The van der Waals surface area contributed by atoms with E-state index in [4.69, 9.17) is 22.8 Å². The molecule has 9 heteroatoms. The highest BCUT2D eigenvalue weighted by atomic mass is 28.4. The Kier molecular flexibility index (Phi) is 18.3. The van der Waals surface area contributed by atoms with Crippen LogP contribution in [0.15, 0.2) is 104 Å². The van der Waals surface area contributed by atoms with Crippen LogP contribution in [0.1, 0.15) is 108 Å². The molecule has 6 nitrogen and oxygen atoms in total. The fourth-order valence-electron chi connectivity index (χ4n) is 10.1. The van der Waals surface area contributed by atoms with Gasteiger partial charge in [-0.2, -0.15) is 0 Å². The Morgan fingerprint density at radius 2 is 1.30 bits per heavy atom. The molecule has 1 aliphatic rings. The van der Waals surface area contributed by atoms with Gasteiger partial charge in [0.1, 0.15) is 0 Å². The second-order valence-electron chi connectivity index (χ2n) is 21.8. The second-order valence-corrected chi connectivity index (χ2v) is 35.6. The van der Waals surface area contributed by atoms with Crippen LogP contribution in [0.25, 0.3) is 0 Å². The molecule has 0 heterocycles. The summed E-state index contributed by atoms with van der Waals surface area (Å²) in [4.78, 5) is 14.9. The zero-order valence-electron chi connectivity index (χ0n) is 42.1. The molecule has 0 radical (unpaired) electrons. The molecule has 63 heavy (non-hydrogen) atoms. The monoisotopic (exact) mass is 915 g/mol. The number of ether oxygens (including phenoxy) is 2. The standard InChI is InChI=1S/C54H86O6Si3/c1-17-53(12,13)48(50(55)57-18-2)49(60-62(19-3,20-4)21-5)47-45(40-58-63(52(9,10)11,43-33-27-23-28-34-43)44-35-29-24-30-36-44)46(59-61(15,16)51(6,7)8)37-38-54(47,14)41-56-39-42-31-25-22-26-32-42/h17,22-36,45-49H,1,18-21,37-41H2,2-16H3/t45-,46+,47+,48-,49-,54+/m1/s1. The van der Waals surface area contributed by atoms with Gasteiger partial charge >= 0.3 is 5.97 Å². The van der Waals surface area contributed by atoms with Gasteiger partial charge in [0.15, 0.2) is 16.6 Å². The van der Waals surface area contributed by atoms with Crippen molar-refractivity contribution in [2.75, 3.05) is 19.8 Å². The van der Waals surface area contributed by atoms with Crippen molar-refractivity contribution < 1.29 is 27.5 Å². The smallest absolute Gasteiger partial charge is 0.312 e. The minimum atomic E-state index is -3.03. The van der Waals surface area contributed by atoms with Crippen LogP contribution in [0, 0.1) is 28.6 Å². The Hall–Kier alpha value is -2.64. The van der Waals surface area contributed by atoms with Crippen LogP contribution in [0.3, 0.4) is 0 Å². The summed E-state index contributed by atoms with van der Waals surface area (Å²) < 4.78 is 36.8. The number of allylic oxidation sites excluding steroid dienone is 1. The first-order valence-corrected chi connectivity index (χ1v) is 31.4. The maximum absolute atomic E-state index is 14.9. The highest BCUT2D eigenvalue weighted by molar-refractivity contribution is 6.99. The quantitative estimate of drug-likeness (QED) is 0.0568. The van der Waals surface area contributed by atoms with Crippen molar-refractivity contribution in [3.63, 3.8) is 0 Å². The summed E-state index contributed by atoms with van der Waals surface area (Å²) in [6.45, 7) is 40.3. The van der Waals surface area contributed by atoms with Crippen LogP contribution in [-0.4, -0.2) is 63.0 Å². The van der Waals surface area contributed by atoms with E-state index in [1.165, 1.54) is 10.4 Å². The van der Waals surface area contributed by atoms with Crippen molar-refractivity contribution in [3.05, 3.63) is 109 Å². The summed E-state index contributed by atoms with van der Waals surface area (Å²) in [5, 5.41) is 2.23. The van der Waals surface area contributed by atoms with Gasteiger partial charge in [0.25, 0.3) is 8.32 Å². The van der Waals surface area contributed by atoms with Gasteiger partial charge in [0.05, 0.1) is 37.9 Å². The summed E-state index contributed by atoms with van der Waals surface area (Å²) in [6.07, 6.45) is 2.99. The van der Waals surface area contributed by atoms with Gasteiger partial charge in [-0.25, -0.2) is 0 Å². The topological polar surface area (TPSA) is 63.2 Å². The summed E-state index contributed by atoms with van der Waals surface area (Å²) in [5.41, 5.74) is 0.0525. The van der Waals surface area contributed by atoms with Crippen molar-refractivity contribution in [2.45, 2.75) is 163 Å². The largest absolute Gasteiger partial charge is 0.466 e. The van der Waals surface area contributed by atoms with Gasteiger partial charge in [-0.15, -0.1) is 6.58 Å². The van der Waals surface area contributed by atoms with E-state index in [1.54, 1.807) is 0 Å². The molecule has 350 valence electrons. The summed E-state index contributed by atoms with van der Waals surface area (Å²) in [7, 11) is -7.77. The number of hydrogen-bond acceptors (Lipinski definition) is 6. The Morgan fingerprint density at radius 1 is 0.794 bits per heavy atom. The average Bonchev–Trinajstić information content (AvgIpc) is 3.24. The Morgan fingerprint density at radius 3 is 1.75 bits per heavy atom. The van der Waals surface area contributed by atoms with Gasteiger partial charge in [0.2, 0.25) is 0 Å². The van der Waals surface area contributed by atoms with Crippen molar-refractivity contribution in [3.8, 4) is 0 Å². The van der Waals surface area contributed by atoms with E-state index in [2.05, 4.69) is 188 Å². The van der Waals surface area contributed by atoms with Crippen molar-refractivity contribution in [1.82, 2.24) is 0 Å². The van der Waals surface area contributed by atoms with E-state index in [0.29, 0.717) is 19.8 Å². The van der Waals surface area contributed by atoms with E-state index in [0.717, 1.165) is 36.5 Å². The average molecular weight is 916 g/mol. The lowest BCUT2D eigenvalue weighted by molar-refractivity contribution is -0.173. The molecule has 0 bridgehead atoms. The van der Waals surface area contributed by atoms with Crippen LogP contribution >= 0.6 is 0 Å². The van der Waals surface area contributed by atoms with E-state index < -0.39 is 47.8 Å². The van der Waals surface area contributed by atoms with E-state index >= 15 is 0 Å². The molecule has 1 saturated carbocycles. The van der Waals surface area contributed by atoms with Gasteiger partial charge < -0.3 is 22.8 Å². The van der Waals surface area contributed by atoms with E-state index in [9.17, 15) is 4.79 Å². The van der Waals surface area contributed by atoms with E-state index in [1.807, 2.05) is 19.1 Å². The molecule has 0 N–H and O–H groups in total. The van der Waals surface area contributed by atoms with Crippen LogP contribution in [0.5, 0.6) is 0 Å². The zero-order valence-corrected chi connectivity index (χ0v) is 45.1. The SMILES string of the molecule is C=CC(C)(C)[C@@H](C(=O)OCC)[C@H](O[Si](CC)(CC)CC)[C@@H]1[C@H](CO[Si](c2ccccc2)(c2ccccc2)C(C)(C)C)[C@@H](O[Si](C)(C)C(C)(C)C)CC[C@@]1(C)COCc1ccccc1. The Labute approximate surface area is 387 Å². The highest BCUT2D eigenvalue weighted by Crippen LogP contribution is 2.55. The molecule has 4 rings (SSSR count). The minimum absolute atomic E-state index is 0.0195. The number of benzene rings is 3. The van der Waals surface area contributed by atoms with Crippen LogP contribution in [0.2, 0.25) is 41.3 Å². The molecule has 3 aromatic rings. The van der Waals surface area contributed by atoms with Gasteiger partial charge in [-0.3, -0.25) is 4.79 Å². The first kappa shape index (κ1) is 53.0. The van der Waals surface area contributed by atoms with Crippen molar-refractivity contribution in [2.24, 2.45) is 28.6 Å². The molecular formula is C54H86O6Si3. The predicted molar refractivity (Wildman–Crippen MR) is 272 cm³/mol. The fraction of sp³-hybridized carbons (Fsp3) is 0.611. The molecule has 1 aliphatic carbocycles. The molecule has 0 amide bonds. The third kappa shape index (κ3) is 12.0. The molecule has 0 spiro atoms. The number of rotatable bonds is 22. The number of carbonyl (C=O) groups excluding carboxylic acids is 1. The molecule has 0 unspecified atom stereocenters. The lowest BCUT2D eigenvalue weighted by Gasteiger charge is -2.57. The fourth-order valence-corrected chi connectivity index (χ4v) is 19.0. The Bertz CT molecular complexity index is 1800. The highest BCUT2D eigenvalue weighted by Gasteiger charge is 2.60. The third-order valence-corrected chi connectivity index (χ3v) is 29.5. The maximum atomic E-state index is 14.9. The van der Waals surface area contributed by atoms with Crippen molar-refractivity contribution >= 4 is 41.3 Å². The lowest BCUT2D eigenvalue weighted by atomic mass is 9.56. The molecule has 3 aromatic carbocycles. The van der Waals surface area contributed by atoms with Gasteiger partial charge in [0, 0.05) is 12.5 Å². The number of hydrogen-bond donors (Lipinski definition) is 0. The van der Waals surface area contributed by atoms with Crippen LogP contribution < -0.4 is 10.4 Å². The zero-order chi connectivity index (χ0) is 46.9. The second kappa shape index (κ2) is 21.8. The third-order valence-electron chi connectivity index (χ3n) is 15.3. The minimum Gasteiger partial charge on any atom is -0.466 e. The summed E-state index contributed by atoms with van der Waals surface area (Å²) in [5.74, 6) is -1.23. The van der Waals surface area contributed by atoms with Crippen LogP contribution in [-0.2, 0) is 34.2 Å². The molecule has 0 saturated heterocycles. The summed E-state index contributed by atoms with van der Waals surface area (Å²) >= 11 is 0. The summed E-state index contributed by atoms with van der Waals surface area (Å²) in [6, 6.07) is 35.2. The first-order valence-electron chi connectivity index (χ1n) is 24.0. The Balaban J connectivity index is 2.11. The normalized spacial score (nSPS) is 21.4. The van der Waals surface area contributed by atoms with Crippen LogP contribution in [0.4, 0.5) is 0 Å². The molecular weight excluding hydrogens is 829 g/mol. The first-order chi connectivity index (χ1) is 29.5. The van der Waals surface area contributed by atoms with Gasteiger partial charge in [-0.1, -0.05) is 180 Å². The van der Waals surface area contributed by atoms with Crippen molar-refractivity contribution in [1.29, 1.82) is 0 Å². The predicted octanol–water partition coefficient (Wildman–Crippen LogP) is 13.0. The molecule has 1 fully saturated rings. The lowest BCUT2D eigenvalue weighted by Crippen LogP contribution is -2.68. The molecule has 0 aromatic heterocycles. The number of esters is 1. The van der Waals surface area contributed by atoms with E-state index in [-0.39, 0.29) is 40.6 Å². The molecule has 6 atom stereocenters. The molecule has 0 aliphatic heterocycles. The van der Waals surface area contributed by atoms with Gasteiger partial charge in [-0.05, 0) is 93.8 Å². The maximum Gasteiger partial charge on any atom is 0.312 e.